The number of halogens is 1. The number of aliphatic carboxylic acids is 1. The Morgan fingerprint density at radius 3 is 2.11 bits per heavy atom. The Hall–Kier alpha value is -4.02. The molecule has 0 aliphatic carbocycles. The molecule has 0 radical (unpaired) electrons. The second kappa shape index (κ2) is 11.6. The Labute approximate surface area is 217 Å². The van der Waals surface area contributed by atoms with Gasteiger partial charge in [-0.25, -0.2) is 0 Å². The number of carboxylic acids is 1. The highest BCUT2D eigenvalue weighted by molar-refractivity contribution is 5.87. The molecule has 1 aromatic heterocycles. The third-order valence-corrected chi connectivity index (χ3v) is 6.32. The van der Waals surface area contributed by atoms with Crippen LogP contribution in [0, 0.1) is 0 Å². The van der Waals surface area contributed by atoms with Crippen LogP contribution in [-0.4, -0.2) is 15.6 Å². The third kappa shape index (κ3) is 5.96. The number of carboxylic acid groups (broad SMARTS) is 1. The lowest BCUT2D eigenvalue weighted by Gasteiger charge is -2.12. The van der Waals surface area contributed by atoms with Gasteiger partial charge in [0.1, 0.15) is 0 Å². The molecule has 0 saturated heterocycles. The maximum atomic E-state index is 10.7. The summed E-state index contributed by atoms with van der Waals surface area (Å²) in [5, 5.41) is 13.5. The van der Waals surface area contributed by atoms with E-state index in [9.17, 15) is 4.79 Å². The van der Waals surface area contributed by atoms with E-state index in [2.05, 4.69) is 94.8 Å². The van der Waals surface area contributed by atoms with Gasteiger partial charge in [-0.1, -0.05) is 84.9 Å². The zero-order valence-electron chi connectivity index (χ0n) is 19.9. The Balaban J connectivity index is 0.00000304. The number of para-hydroxylation sites is 1. The number of nitrogens with one attached hydrogen (secondary N) is 1. The normalized spacial score (nSPS) is 10.7. The quantitative estimate of drug-likeness (QED) is 0.223. The molecule has 4 aromatic carbocycles. The van der Waals surface area contributed by atoms with Gasteiger partial charge in [-0.3, -0.25) is 4.79 Å². The summed E-state index contributed by atoms with van der Waals surface area (Å²) in [7, 11) is 0. The van der Waals surface area contributed by atoms with Gasteiger partial charge < -0.3 is 15.0 Å². The van der Waals surface area contributed by atoms with Crippen molar-refractivity contribution in [3.63, 3.8) is 0 Å². The van der Waals surface area contributed by atoms with E-state index in [0.29, 0.717) is 6.42 Å². The molecule has 0 bridgehead atoms. The second-order valence-corrected chi connectivity index (χ2v) is 8.80. The van der Waals surface area contributed by atoms with E-state index >= 15 is 0 Å². The summed E-state index contributed by atoms with van der Waals surface area (Å²) in [4.78, 5) is 10.7. The van der Waals surface area contributed by atoms with Crippen LogP contribution in [0.3, 0.4) is 0 Å². The molecule has 4 nitrogen and oxygen atoms in total. The molecule has 5 rings (SSSR count). The van der Waals surface area contributed by atoms with Crippen LogP contribution in [0.2, 0.25) is 0 Å². The van der Waals surface area contributed by atoms with Gasteiger partial charge in [0.05, 0.1) is 0 Å². The Kier molecular flexibility index (Phi) is 8.09. The molecular weight excluding hydrogens is 468 g/mol. The minimum Gasteiger partial charge on any atom is -0.481 e. The highest BCUT2D eigenvalue weighted by atomic mass is 35.5. The summed E-state index contributed by atoms with van der Waals surface area (Å²) < 4.78 is 2.39. The second-order valence-electron chi connectivity index (χ2n) is 8.80. The standard InChI is InChI=1S/C31H28N2O2.ClH/c34-31(35)19-16-23-14-17-28(18-15-23)32-21-24-10-12-25(13-11-24)22-33-29-9-5-4-8-27(29)20-30(33)26-6-2-1-3-7-26;/h1-15,17-18,20,32H,16,19,21-22H2,(H,34,35);1H. The highest BCUT2D eigenvalue weighted by Crippen LogP contribution is 2.29. The lowest BCUT2D eigenvalue weighted by Crippen LogP contribution is -2.03. The molecule has 0 aliphatic rings. The molecule has 0 fully saturated rings. The SMILES string of the molecule is Cl.O=C(O)CCc1ccc(NCc2ccc(Cn3c(-c4ccccc4)cc4ccccc43)cc2)cc1. The van der Waals surface area contributed by atoms with Gasteiger partial charge >= 0.3 is 5.97 Å². The van der Waals surface area contributed by atoms with Gasteiger partial charge in [0.25, 0.3) is 0 Å². The summed E-state index contributed by atoms with van der Waals surface area (Å²) in [6.07, 6.45) is 0.713. The fourth-order valence-corrected chi connectivity index (χ4v) is 4.42. The first-order valence-corrected chi connectivity index (χ1v) is 11.9. The molecule has 0 spiro atoms. The van der Waals surface area contributed by atoms with E-state index in [0.717, 1.165) is 24.3 Å². The van der Waals surface area contributed by atoms with Gasteiger partial charge in [0.15, 0.2) is 0 Å². The summed E-state index contributed by atoms with van der Waals surface area (Å²) in [5.41, 5.74) is 8.22. The molecular formula is C31H29ClN2O2. The first kappa shape index (κ1) is 25.1. The number of aromatic nitrogens is 1. The first-order chi connectivity index (χ1) is 17.2. The fraction of sp³-hybridized carbons (Fsp3) is 0.129. The van der Waals surface area contributed by atoms with E-state index in [-0.39, 0.29) is 18.8 Å². The van der Waals surface area contributed by atoms with Crippen LogP contribution in [0.5, 0.6) is 0 Å². The summed E-state index contributed by atoms with van der Waals surface area (Å²) >= 11 is 0. The first-order valence-electron chi connectivity index (χ1n) is 11.9. The minimum absolute atomic E-state index is 0. The van der Waals surface area contributed by atoms with Crippen LogP contribution in [-0.2, 0) is 24.3 Å². The molecule has 1 heterocycles. The molecule has 0 unspecified atom stereocenters. The van der Waals surface area contributed by atoms with Crippen LogP contribution in [0.15, 0.2) is 109 Å². The number of rotatable bonds is 9. The largest absolute Gasteiger partial charge is 0.481 e. The Morgan fingerprint density at radius 1 is 0.750 bits per heavy atom. The number of benzene rings is 4. The van der Waals surface area contributed by atoms with Crippen molar-refractivity contribution in [1.82, 2.24) is 4.57 Å². The zero-order chi connectivity index (χ0) is 24.0. The monoisotopic (exact) mass is 496 g/mol. The van der Waals surface area contributed by atoms with E-state index in [1.54, 1.807) is 0 Å². The van der Waals surface area contributed by atoms with E-state index in [1.807, 2.05) is 24.3 Å². The number of carbonyl (C=O) groups is 1. The van der Waals surface area contributed by atoms with Crippen LogP contribution in [0.4, 0.5) is 5.69 Å². The minimum atomic E-state index is -0.767. The molecule has 36 heavy (non-hydrogen) atoms. The molecule has 2 N–H and O–H groups in total. The molecule has 0 amide bonds. The Morgan fingerprint density at radius 2 is 1.39 bits per heavy atom. The van der Waals surface area contributed by atoms with Crippen molar-refractivity contribution in [2.75, 3.05) is 5.32 Å². The number of hydrogen-bond acceptors (Lipinski definition) is 2. The van der Waals surface area contributed by atoms with Crippen LogP contribution in [0.25, 0.3) is 22.2 Å². The summed E-state index contributed by atoms with van der Waals surface area (Å²) in [6, 6.07) is 38.1. The summed E-state index contributed by atoms with van der Waals surface area (Å²) in [6.45, 7) is 1.54. The van der Waals surface area contributed by atoms with Crippen molar-refractivity contribution in [2.45, 2.75) is 25.9 Å². The number of anilines is 1. The topological polar surface area (TPSA) is 54.3 Å². The maximum absolute atomic E-state index is 10.7. The van der Waals surface area contributed by atoms with Crippen molar-refractivity contribution in [1.29, 1.82) is 0 Å². The van der Waals surface area contributed by atoms with Gasteiger partial charge in [-0.05, 0) is 52.9 Å². The molecule has 5 aromatic rings. The van der Waals surface area contributed by atoms with Crippen LogP contribution in [0.1, 0.15) is 23.1 Å². The van der Waals surface area contributed by atoms with Crippen LogP contribution >= 0.6 is 12.4 Å². The molecule has 0 saturated carbocycles. The van der Waals surface area contributed by atoms with Gasteiger partial charge in [0, 0.05) is 41.8 Å². The molecule has 0 atom stereocenters. The predicted molar refractivity (Wildman–Crippen MR) is 150 cm³/mol. The maximum Gasteiger partial charge on any atom is 0.303 e. The average Bonchev–Trinajstić information content (AvgIpc) is 3.26. The lowest BCUT2D eigenvalue weighted by atomic mass is 10.1. The van der Waals surface area contributed by atoms with Gasteiger partial charge in [0.2, 0.25) is 0 Å². The van der Waals surface area contributed by atoms with Crippen LogP contribution < -0.4 is 5.32 Å². The average molecular weight is 497 g/mol. The number of aryl methyl sites for hydroxylation is 1. The zero-order valence-corrected chi connectivity index (χ0v) is 20.7. The van der Waals surface area contributed by atoms with Crippen molar-refractivity contribution in [3.8, 4) is 11.3 Å². The number of nitrogens with zero attached hydrogens (tertiary/aromatic N) is 1. The predicted octanol–water partition coefficient (Wildman–Crippen LogP) is 7.41. The van der Waals surface area contributed by atoms with E-state index < -0.39 is 5.97 Å². The van der Waals surface area contributed by atoms with Crippen molar-refractivity contribution in [2.24, 2.45) is 0 Å². The molecule has 182 valence electrons. The highest BCUT2D eigenvalue weighted by Gasteiger charge is 2.11. The van der Waals surface area contributed by atoms with Crippen molar-refractivity contribution >= 4 is 35.0 Å². The number of hydrogen-bond donors (Lipinski definition) is 2. The fourth-order valence-electron chi connectivity index (χ4n) is 4.42. The smallest absolute Gasteiger partial charge is 0.303 e. The lowest BCUT2D eigenvalue weighted by molar-refractivity contribution is -0.136. The van der Waals surface area contributed by atoms with Crippen molar-refractivity contribution in [3.05, 3.63) is 126 Å². The van der Waals surface area contributed by atoms with Gasteiger partial charge in [-0.15, -0.1) is 12.4 Å². The molecule has 0 aliphatic heterocycles. The Bertz CT molecular complexity index is 1430. The number of fused-ring (bicyclic) bond motifs is 1. The summed E-state index contributed by atoms with van der Waals surface area (Å²) in [5.74, 6) is -0.767. The molecule has 5 heteroatoms. The third-order valence-electron chi connectivity index (χ3n) is 6.32. The van der Waals surface area contributed by atoms with Gasteiger partial charge in [-0.2, -0.15) is 0 Å². The van der Waals surface area contributed by atoms with E-state index in [4.69, 9.17) is 5.11 Å². The van der Waals surface area contributed by atoms with E-state index in [1.165, 1.54) is 33.3 Å². The van der Waals surface area contributed by atoms with Crippen molar-refractivity contribution < 1.29 is 9.90 Å².